The van der Waals surface area contributed by atoms with Gasteiger partial charge in [0, 0.05) is 43.9 Å². The molecule has 2 aromatic heterocycles. The van der Waals surface area contributed by atoms with Crippen molar-refractivity contribution < 1.29 is 22.8 Å². The van der Waals surface area contributed by atoms with Gasteiger partial charge in [0.25, 0.3) is 0 Å². The van der Waals surface area contributed by atoms with Crippen LogP contribution in [0.15, 0.2) is 34.9 Å². The van der Waals surface area contributed by atoms with Crippen LogP contribution >= 0.6 is 0 Å². The number of rotatable bonds is 10. The maximum Gasteiger partial charge on any atom is 0.211 e. The molecular formula is C26H36N6O5S. The van der Waals surface area contributed by atoms with Crippen molar-refractivity contribution in [3.63, 3.8) is 0 Å². The largest absolute Gasteiger partial charge is 0.491 e. The number of aryl methyl sites for hydroxylation is 2. The van der Waals surface area contributed by atoms with Gasteiger partial charge >= 0.3 is 0 Å². The SMILES string of the molecule is CC[C@@H]1CN(S(C)(=O)=O)CCN1c1cc(-c2c(C)noc2C)nc(-c2cccc(OCC(O)CNC)c2)n1. The first kappa shape index (κ1) is 28.0. The van der Waals surface area contributed by atoms with Crippen LogP contribution in [0.25, 0.3) is 22.6 Å². The van der Waals surface area contributed by atoms with Gasteiger partial charge in [0.05, 0.1) is 23.2 Å². The fourth-order valence-corrected chi connectivity index (χ4v) is 5.53. The number of benzene rings is 1. The molecular weight excluding hydrogens is 508 g/mol. The second kappa shape index (κ2) is 11.8. The van der Waals surface area contributed by atoms with Crippen molar-refractivity contribution in [2.75, 3.05) is 51.0 Å². The smallest absolute Gasteiger partial charge is 0.211 e. The molecule has 4 rings (SSSR count). The van der Waals surface area contributed by atoms with E-state index in [4.69, 9.17) is 19.2 Å². The number of sulfonamides is 1. The number of nitrogens with one attached hydrogen (secondary N) is 1. The summed E-state index contributed by atoms with van der Waals surface area (Å²) >= 11 is 0. The summed E-state index contributed by atoms with van der Waals surface area (Å²) in [6.07, 6.45) is 1.37. The van der Waals surface area contributed by atoms with Crippen LogP contribution in [0.4, 0.5) is 5.82 Å². The Morgan fingerprint density at radius 3 is 2.68 bits per heavy atom. The zero-order valence-corrected chi connectivity index (χ0v) is 23.3. The molecule has 3 aromatic rings. The van der Waals surface area contributed by atoms with Crippen molar-refractivity contribution in [1.82, 2.24) is 24.7 Å². The predicted molar refractivity (Wildman–Crippen MR) is 146 cm³/mol. The zero-order valence-electron chi connectivity index (χ0n) is 22.5. The maximum atomic E-state index is 12.2. The second-order valence-electron chi connectivity index (χ2n) is 9.56. The normalized spacial score (nSPS) is 17.5. The lowest BCUT2D eigenvalue weighted by atomic mass is 10.1. The maximum absolute atomic E-state index is 12.2. The molecule has 1 aliphatic heterocycles. The fraction of sp³-hybridized carbons (Fsp3) is 0.500. The lowest BCUT2D eigenvalue weighted by molar-refractivity contribution is 0.108. The molecule has 1 unspecified atom stereocenters. The van der Waals surface area contributed by atoms with Crippen LogP contribution in [0.5, 0.6) is 5.75 Å². The number of hydrogen-bond donors (Lipinski definition) is 2. The minimum atomic E-state index is -3.28. The summed E-state index contributed by atoms with van der Waals surface area (Å²) in [5, 5.41) is 17.0. The lowest BCUT2D eigenvalue weighted by Crippen LogP contribution is -2.54. The van der Waals surface area contributed by atoms with Crippen LogP contribution in [0, 0.1) is 13.8 Å². The van der Waals surface area contributed by atoms with E-state index in [0.717, 1.165) is 23.2 Å². The lowest BCUT2D eigenvalue weighted by Gasteiger charge is -2.41. The number of hydrogen-bond acceptors (Lipinski definition) is 10. The summed E-state index contributed by atoms with van der Waals surface area (Å²) in [5.41, 5.74) is 2.96. The Balaban J connectivity index is 1.74. The Labute approximate surface area is 223 Å². The first-order chi connectivity index (χ1) is 18.1. The van der Waals surface area contributed by atoms with Crippen LogP contribution in [-0.4, -0.2) is 91.2 Å². The number of aromatic nitrogens is 3. The number of aliphatic hydroxyl groups excluding tert-OH is 1. The third-order valence-electron chi connectivity index (χ3n) is 6.66. The van der Waals surface area contributed by atoms with Crippen LogP contribution in [0.3, 0.4) is 0 Å². The summed E-state index contributed by atoms with van der Waals surface area (Å²) < 4.78 is 37.2. The predicted octanol–water partition coefficient (Wildman–Crippen LogP) is 2.23. The van der Waals surface area contributed by atoms with Gasteiger partial charge < -0.3 is 24.6 Å². The first-order valence-corrected chi connectivity index (χ1v) is 14.6. The van der Waals surface area contributed by atoms with E-state index in [1.165, 1.54) is 10.6 Å². The third kappa shape index (κ3) is 6.32. The molecule has 206 valence electrons. The van der Waals surface area contributed by atoms with Crippen LogP contribution in [0.2, 0.25) is 0 Å². The van der Waals surface area contributed by atoms with Crippen molar-refractivity contribution in [1.29, 1.82) is 0 Å². The van der Waals surface area contributed by atoms with E-state index in [1.807, 2.05) is 51.1 Å². The monoisotopic (exact) mass is 544 g/mol. The Morgan fingerprint density at radius 1 is 1.24 bits per heavy atom. The summed E-state index contributed by atoms with van der Waals surface area (Å²) in [4.78, 5) is 12.0. The fourth-order valence-electron chi connectivity index (χ4n) is 4.68. The van der Waals surface area contributed by atoms with Gasteiger partial charge in [-0.05, 0) is 39.4 Å². The number of ether oxygens (including phenoxy) is 1. The number of anilines is 1. The summed E-state index contributed by atoms with van der Waals surface area (Å²) in [7, 11) is -1.51. The van der Waals surface area contributed by atoms with Crippen LogP contribution in [0.1, 0.15) is 24.8 Å². The molecule has 0 aliphatic carbocycles. The topological polar surface area (TPSA) is 134 Å². The Bertz CT molecular complexity index is 1340. The average Bonchev–Trinajstić information content (AvgIpc) is 3.24. The standard InChI is InChI=1S/C26H36N6O5S/c1-6-20-15-31(38(5,34)35)10-11-32(20)24-13-23(25-17(2)30-37-18(25)3)28-26(29-24)19-8-7-9-22(12-19)36-16-21(33)14-27-4/h7-9,12-13,20-21,27,33H,6,10-11,14-16H2,1-5H3/t20-,21?/m1/s1. The van der Waals surface area contributed by atoms with Crippen molar-refractivity contribution in [2.24, 2.45) is 0 Å². The van der Waals surface area contributed by atoms with E-state index in [-0.39, 0.29) is 12.6 Å². The van der Waals surface area contributed by atoms with Crippen molar-refractivity contribution in [3.8, 4) is 28.4 Å². The molecule has 1 aliphatic rings. The van der Waals surface area contributed by atoms with E-state index in [0.29, 0.717) is 55.0 Å². The highest BCUT2D eigenvalue weighted by Gasteiger charge is 2.32. The quantitative estimate of drug-likeness (QED) is 0.391. The molecule has 0 amide bonds. The number of aliphatic hydroxyl groups is 1. The van der Waals surface area contributed by atoms with Gasteiger partial charge in [-0.2, -0.15) is 4.31 Å². The van der Waals surface area contributed by atoms with Gasteiger partial charge in [0.2, 0.25) is 10.0 Å². The molecule has 1 fully saturated rings. The zero-order chi connectivity index (χ0) is 27.4. The van der Waals surface area contributed by atoms with E-state index in [2.05, 4.69) is 15.4 Å². The van der Waals surface area contributed by atoms with E-state index < -0.39 is 16.1 Å². The Kier molecular flexibility index (Phi) is 8.66. The van der Waals surface area contributed by atoms with Gasteiger partial charge in [-0.3, -0.25) is 0 Å². The highest BCUT2D eigenvalue weighted by molar-refractivity contribution is 7.88. The van der Waals surface area contributed by atoms with E-state index in [1.54, 1.807) is 7.05 Å². The third-order valence-corrected chi connectivity index (χ3v) is 7.93. The summed E-state index contributed by atoms with van der Waals surface area (Å²) in [6.45, 7) is 7.63. The number of likely N-dealkylation sites (N-methyl/N-ethyl adjacent to an activating group) is 1. The molecule has 0 saturated carbocycles. The van der Waals surface area contributed by atoms with Gasteiger partial charge in [0.15, 0.2) is 5.82 Å². The second-order valence-corrected chi connectivity index (χ2v) is 11.5. The highest BCUT2D eigenvalue weighted by atomic mass is 32.2. The molecule has 0 radical (unpaired) electrons. The molecule has 2 N–H and O–H groups in total. The molecule has 0 bridgehead atoms. The molecule has 1 saturated heterocycles. The van der Waals surface area contributed by atoms with Gasteiger partial charge in [-0.15, -0.1) is 0 Å². The molecule has 11 nitrogen and oxygen atoms in total. The molecule has 1 aromatic carbocycles. The summed E-state index contributed by atoms with van der Waals surface area (Å²) in [5.74, 6) is 2.46. The van der Waals surface area contributed by atoms with Crippen molar-refractivity contribution in [2.45, 2.75) is 39.3 Å². The Morgan fingerprint density at radius 2 is 2.03 bits per heavy atom. The molecule has 38 heavy (non-hydrogen) atoms. The molecule has 12 heteroatoms. The molecule has 0 spiro atoms. The van der Waals surface area contributed by atoms with Gasteiger partial charge in [-0.1, -0.05) is 24.2 Å². The Hall–Kier alpha value is -3.06. The minimum absolute atomic E-state index is 0.0397. The number of nitrogens with zero attached hydrogens (tertiary/aromatic N) is 5. The first-order valence-electron chi connectivity index (χ1n) is 12.7. The van der Waals surface area contributed by atoms with Crippen molar-refractivity contribution in [3.05, 3.63) is 41.8 Å². The van der Waals surface area contributed by atoms with Gasteiger partial charge in [0.1, 0.15) is 30.0 Å². The molecule has 3 heterocycles. The van der Waals surface area contributed by atoms with Crippen molar-refractivity contribution >= 4 is 15.8 Å². The van der Waals surface area contributed by atoms with Crippen LogP contribution in [-0.2, 0) is 10.0 Å². The number of piperazine rings is 1. The average molecular weight is 545 g/mol. The highest BCUT2D eigenvalue weighted by Crippen LogP contribution is 2.33. The summed E-state index contributed by atoms with van der Waals surface area (Å²) in [6, 6.07) is 9.32. The van der Waals surface area contributed by atoms with Crippen LogP contribution < -0.4 is 15.0 Å². The minimum Gasteiger partial charge on any atom is -0.491 e. The van der Waals surface area contributed by atoms with E-state index >= 15 is 0 Å². The molecule has 2 atom stereocenters. The van der Waals surface area contributed by atoms with E-state index in [9.17, 15) is 13.5 Å². The van der Waals surface area contributed by atoms with Gasteiger partial charge in [-0.25, -0.2) is 18.4 Å².